The van der Waals surface area contributed by atoms with Crippen LogP contribution in [0.1, 0.15) is 21.7 Å². The van der Waals surface area contributed by atoms with E-state index in [0.717, 1.165) is 19.2 Å². The summed E-state index contributed by atoms with van der Waals surface area (Å²) in [6.07, 6.45) is -4.48. The summed E-state index contributed by atoms with van der Waals surface area (Å²) in [6.45, 7) is 4.58. The van der Waals surface area contributed by atoms with Crippen LogP contribution in [0.2, 0.25) is 0 Å². The molecule has 2 atom stereocenters. The van der Waals surface area contributed by atoms with Crippen LogP contribution in [-0.4, -0.2) is 42.0 Å². The lowest BCUT2D eigenvalue weighted by molar-refractivity contribution is -0.141. The number of halogens is 4. The molecule has 2 fully saturated rings. The molecule has 4 nitrogen and oxygen atoms in total. The minimum Gasteiger partial charge on any atom is -0.338 e. The van der Waals surface area contributed by atoms with Gasteiger partial charge in [0, 0.05) is 26.2 Å². The van der Waals surface area contributed by atoms with Gasteiger partial charge in [-0.1, -0.05) is 0 Å². The van der Waals surface area contributed by atoms with E-state index in [4.69, 9.17) is 0 Å². The van der Waals surface area contributed by atoms with Crippen LogP contribution in [0.3, 0.4) is 0 Å². The molecule has 0 aliphatic carbocycles. The van der Waals surface area contributed by atoms with Crippen molar-refractivity contribution in [3.8, 4) is 0 Å². The molecule has 2 aliphatic heterocycles. The van der Waals surface area contributed by atoms with Crippen LogP contribution >= 0.6 is 12.4 Å². The third-order valence-electron chi connectivity index (χ3n) is 4.28. The highest BCUT2D eigenvalue weighted by atomic mass is 35.5. The molecule has 3 rings (SSSR count). The Morgan fingerprint density at radius 3 is 2.36 bits per heavy atom. The number of pyridine rings is 1. The van der Waals surface area contributed by atoms with Crippen LogP contribution < -0.4 is 5.32 Å². The maximum absolute atomic E-state index is 12.6. The molecule has 2 aliphatic rings. The second-order valence-electron chi connectivity index (χ2n) is 5.72. The Morgan fingerprint density at radius 2 is 1.86 bits per heavy atom. The molecular weight excluding hydrogens is 319 g/mol. The number of hydrogen-bond donors (Lipinski definition) is 1. The first-order valence-corrected chi connectivity index (χ1v) is 6.91. The van der Waals surface area contributed by atoms with Crippen molar-refractivity contribution in [3.05, 3.63) is 29.1 Å². The number of likely N-dealkylation sites (tertiary alicyclic amines) is 1. The van der Waals surface area contributed by atoms with Crippen LogP contribution in [0.25, 0.3) is 0 Å². The zero-order chi connectivity index (χ0) is 15.2. The second kappa shape index (κ2) is 6.04. The van der Waals surface area contributed by atoms with E-state index in [2.05, 4.69) is 10.3 Å². The molecule has 0 aromatic carbocycles. The maximum atomic E-state index is 12.6. The molecule has 2 saturated heterocycles. The molecule has 1 N–H and O–H groups in total. The Hall–Kier alpha value is -1.34. The summed E-state index contributed by atoms with van der Waals surface area (Å²) in [5.41, 5.74) is -0.569. The highest BCUT2D eigenvalue weighted by molar-refractivity contribution is 5.95. The Bertz CT molecular complexity index is 567. The van der Waals surface area contributed by atoms with E-state index in [0.29, 0.717) is 24.9 Å². The first kappa shape index (κ1) is 17.0. The predicted molar refractivity (Wildman–Crippen MR) is 77.0 cm³/mol. The monoisotopic (exact) mass is 335 g/mol. The fourth-order valence-electron chi connectivity index (χ4n) is 3.14. The number of carbonyl (C=O) groups is 1. The Labute approximate surface area is 132 Å². The lowest BCUT2D eigenvalue weighted by atomic mass is 10.0. The van der Waals surface area contributed by atoms with Crippen molar-refractivity contribution in [2.24, 2.45) is 11.8 Å². The largest absolute Gasteiger partial charge is 0.433 e. The molecule has 0 unspecified atom stereocenters. The smallest absolute Gasteiger partial charge is 0.338 e. The number of nitrogens with zero attached hydrogens (tertiary/aromatic N) is 2. The Kier molecular flexibility index (Phi) is 4.67. The minimum absolute atomic E-state index is 0. The van der Waals surface area contributed by atoms with E-state index in [1.54, 1.807) is 4.90 Å². The molecule has 0 radical (unpaired) electrons. The summed E-state index contributed by atoms with van der Waals surface area (Å²) >= 11 is 0. The third kappa shape index (κ3) is 3.05. The molecule has 1 amide bonds. The van der Waals surface area contributed by atoms with E-state index < -0.39 is 11.9 Å². The van der Waals surface area contributed by atoms with E-state index in [1.807, 2.05) is 0 Å². The third-order valence-corrected chi connectivity index (χ3v) is 4.28. The standard InChI is InChI=1S/C14H16F3N3O.ClH/c1-8-11(2-3-12(19-8)14(15,16)17)13(21)20-6-9-4-18-5-10(9)7-20;/h2-3,9-10,18H,4-7H2,1H3;1H/t9-,10+;. The number of aryl methyl sites for hydroxylation is 1. The van der Waals surface area contributed by atoms with Gasteiger partial charge < -0.3 is 10.2 Å². The summed E-state index contributed by atoms with van der Waals surface area (Å²) in [5.74, 6) is 0.691. The van der Waals surface area contributed by atoms with E-state index in [9.17, 15) is 18.0 Å². The van der Waals surface area contributed by atoms with Gasteiger partial charge in [0.05, 0.1) is 11.3 Å². The van der Waals surface area contributed by atoms with Crippen molar-refractivity contribution in [2.75, 3.05) is 26.2 Å². The van der Waals surface area contributed by atoms with Gasteiger partial charge in [0.15, 0.2) is 0 Å². The molecule has 0 saturated carbocycles. The Morgan fingerprint density at radius 1 is 1.27 bits per heavy atom. The quantitative estimate of drug-likeness (QED) is 0.855. The van der Waals surface area contributed by atoms with Crippen molar-refractivity contribution in [1.82, 2.24) is 15.2 Å². The fraction of sp³-hybridized carbons (Fsp3) is 0.571. The van der Waals surface area contributed by atoms with Crippen LogP contribution in [-0.2, 0) is 6.18 Å². The van der Waals surface area contributed by atoms with Crippen molar-refractivity contribution in [2.45, 2.75) is 13.1 Å². The van der Waals surface area contributed by atoms with Gasteiger partial charge in [-0.2, -0.15) is 13.2 Å². The second-order valence-corrected chi connectivity index (χ2v) is 5.72. The zero-order valence-electron chi connectivity index (χ0n) is 12.0. The van der Waals surface area contributed by atoms with Crippen molar-refractivity contribution >= 4 is 18.3 Å². The number of alkyl halides is 3. The normalized spacial score (nSPS) is 24.1. The number of carbonyl (C=O) groups excluding carboxylic acids is 1. The molecular formula is C14H17ClF3N3O. The number of nitrogens with one attached hydrogen (secondary N) is 1. The molecule has 1 aromatic heterocycles. The predicted octanol–water partition coefficient (Wildman–Crippen LogP) is 2.12. The van der Waals surface area contributed by atoms with Crippen LogP contribution in [0.4, 0.5) is 13.2 Å². The average molecular weight is 336 g/mol. The summed E-state index contributed by atoms with van der Waals surface area (Å²) in [4.78, 5) is 17.7. The first-order valence-electron chi connectivity index (χ1n) is 6.91. The van der Waals surface area contributed by atoms with Gasteiger partial charge in [-0.3, -0.25) is 4.79 Å². The van der Waals surface area contributed by atoms with E-state index in [1.165, 1.54) is 13.0 Å². The van der Waals surface area contributed by atoms with Crippen LogP contribution in [0.5, 0.6) is 0 Å². The fourth-order valence-corrected chi connectivity index (χ4v) is 3.14. The van der Waals surface area contributed by atoms with Crippen molar-refractivity contribution < 1.29 is 18.0 Å². The number of amides is 1. The number of aromatic nitrogens is 1. The molecule has 1 aromatic rings. The van der Waals surface area contributed by atoms with Gasteiger partial charge in [0.25, 0.3) is 5.91 Å². The van der Waals surface area contributed by atoms with Gasteiger partial charge in [-0.15, -0.1) is 12.4 Å². The van der Waals surface area contributed by atoms with E-state index in [-0.39, 0.29) is 29.6 Å². The molecule has 122 valence electrons. The highest BCUT2D eigenvalue weighted by Crippen LogP contribution is 2.30. The summed E-state index contributed by atoms with van der Waals surface area (Å²) in [6, 6.07) is 2.11. The van der Waals surface area contributed by atoms with Crippen molar-refractivity contribution in [1.29, 1.82) is 0 Å². The van der Waals surface area contributed by atoms with E-state index >= 15 is 0 Å². The van der Waals surface area contributed by atoms with Gasteiger partial charge in [0.2, 0.25) is 0 Å². The molecule has 0 spiro atoms. The Balaban J connectivity index is 0.00000176. The zero-order valence-corrected chi connectivity index (χ0v) is 12.8. The molecule has 3 heterocycles. The average Bonchev–Trinajstić information content (AvgIpc) is 2.97. The number of fused-ring (bicyclic) bond motifs is 1. The summed E-state index contributed by atoms with van der Waals surface area (Å²) in [5, 5.41) is 3.28. The van der Waals surface area contributed by atoms with Crippen LogP contribution in [0.15, 0.2) is 12.1 Å². The number of hydrogen-bond acceptors (Lipinski definition) is 3. The van der Waals surface area contributed by atoms with Gasteiger partial charge in [-0.05, 0) is 30.9 Å². The highest BCUT2D eigenvalue weighted by Gasteiger charge is 2.39. The van der Waals surface area contributed by atoms with Gasteiger partial charge >= 0.3 is 6.18 Å². The lowest BCUT2D eigenvalue weighted by Gasteiger charge is -2.19. The summed E-state index contributed by atoms with van der Waals surface area (Å²) in [7, 11) is 0. The van der Waals surface area contributed by atoms with Crippen molar-refractivity contribution in [3.63, 3.8) is 0 Å². The molecule has 0 bridgehead atoms. The maximum Gasteiger partial charge on any atom is 0.433 e. The minimum atomic E-state index is -4.48. The lowest BCUT2D eigenvalue weighted by Crippen LogP contribution is -2.32. The molecule has 8 heteroatoms. The van der Waals surface area contributed by atoms with Gasteiger partial charge in [-0.25, -0.2) is 4.98 Å². The topological polar surface area (TPSA) is 45.2 Å². The number of rotatable bonds is 1. The first-order chi connectivity index (χ1) is 9.86. The SMILES string of the molecule is Cc1nc(C(F)(F)F)ccc1C(=O)N1C[C@H]2CNC[C@H]2C1.Cl. The summed E-state index contributed by atoms with van der Waals surface area (Å²) < 4.78 is 37.8. The van der Waals surface area contributed by atoms with Crippen LogP contribution in [0, 0.1) is 18.8 Å². The van der Waals surface area contributed by atoms with Gasteiger partial charge in [0.1, 0.15) is 5.69 Å². The molecule has 22 heavy (non-hydrogen) atoms.